The highest BCUT2D eigenvalue weighted by Crippen LogP contribution is 2.29. The first kappa shape index (κ1) is 20.1. The zero-order valence-electron chi connectivity index (χ0n) is 14.8. The largest absolute Gasteiger partial charge is 0.462 e. The molecule has 0 aliphatic heterocycles. The molecule has 0 bridgehead atoms. The van der Waals surface area contributed by atoms with Crippen molar-refractivity contribution in [2.75, 3.05) is 23.2 Å². The molecule has 2 aromatic rings. The van der Waals surface area contributed by atoms with Gasteiger partial charge in [0.15, 0.2) is 0 Å². The summed E-state index contributed by atoms with van der Waals surface area (Å²) in [4.78, 5) is 11.9. The van der Waals surface area contributed by atoms with Crippen molar-refractivity contribution < 1.29 is 17.9 Å². The van der Waals surface area contributed by atoms with Gasteiger partial charge in [-0.15, -0.1) is 0 Å². The molecule has 0 aromatic heterocycles. The Morgan fingerprint density at radius 2 is 1.85 bits per heavy atom. The molecule has 0 atom stereocenters. The number of anilines is 2. The smallest absolute Gasteiger partial charge is 0.338 e. The Balaban J connectivity index is 2.44. The van der Waals surface area contributed by atoms with Crippen molar-refractivity contribution >= 4 is 39.0 Å². The Labute approximate surface area is 158 Å². The number of sulfonamides is 1. The first-order valence-corrected chi connectivity index (χ1v) is 9.98. The Morgan fingerprint density at radius 1 is 1.12 bits per heavy atom. The predicted octanol–water partition coefficient (Wildman–Crippen LogP) is 4.06. The van der Waals surface area contributed by atoms with Gasteiger partial charge in [-0.05, 0) is 56.7 Å². The van der Waals surface area contributed by atoms with Crippen LogP contribution in [0.1, 0.15) is 29.8 Å². The molecule has 0 radical (unpaired) electrons. The monoisotopic (exact) mass is 396 g/mol. The second-order valence-corrected chi connectivity index (χ2v) is 7.61. The maximum atomic E-state index is 12.8. The molecule has 0 heterocycles. The minimum atomic E-state index is -3.93. The van der Waals surface area contributed by atoms with Gasteiger partial charge in [-0.25, -0.2) is 13.2 Å². The average molecular weight is 397 g/mol. The van der Waals surface area contributed by atoms with Crippen LogP contribution in [0, 0.1) is 6.92 Å². The second-order valence-electron chi connectivity index (χ2n) is 5.55. The lowest BCUT2D eigenvalue weighted by molar-refractivity contribution is 0.0526. The number of aryl methyl sites for hydroxylation is 1. The molecular weight excluding hydrogens is 376 g/mol. The van der Waals surface area contributed by atoms with E-state index in [9.17, 15) is 13.2 Å². The fourth-order valence-corrected chi connectivity index (χ4v) is 4.01. The number of hydrogen-bond acceptors (Lipinski definition) is 5. The van der Waals surface area contributed by atoms with Gasteiger partial charge in [-0.3, -0.25) is 4.72 Å². The number of carbonyl (C=O) groups is 1. The molecule has 2 N–H and O–H groups in total. The molecule has 2 aromatic carbocycles. The molecule has 0 unspecified atom stereocenters. The summed E-state index contributed by atoms with van der Waals surface area (Å²) in [6.45, 7) is 6.22. The summed E-state index contributed by atoms with van der Waals surface area (Å²) in [5.41, 5.74) is 1.90. The van der Waals surface area contributed by atoms with Crippen LogP contribution >= 0.6 is 11.6 Å². The summed E-state index contributed by atoms with van der Waals surface area (Å²) in [5.74, 6) is -0.524. The summed E-state index contributed by atoms with van der Waals surface area (Å²) >= 11 is 6.10. The number of carbonyl (C=O) groups excluding carboxylic acids is 1. The van der Waals surface area contributed by atoms with E-state index in [0.29, 0.717) is 12.2 Å². The standard InChI is InChI=1S/C18H21ClN2O4S/c1-4-20-15-8-7-13(18(22)25-5-2)11-16(15)21-26(23,24)17-9-6-12(3)10-14(17)19/h6-11,20-21H,4-5H2,1-3H3. The van der Waals surface area contributed by atoms with Crippen LogP contribution in [0.4, 0.5) is 11.4 Å². The first-order chi connectivity index (χ1) is 12.3. The number of hydrogen-bond donors (Lipinski definition) is 2. The van der Waals surface area contributed by atoms with Crippen LogP contribution in [0.3, 0.4) is 0 Å². The topological polar surface area (TPSA) is 84.5 Å². The predicted molar refractivity (Wildman–Crippen MR) is 104 cm³/mol. The van der Waals surface area contributed by atoms with E-state index < -0.39 is 16.0 Å². The SMILES string of the molecule is CCNc1ccc(C(=O)OCC)cc1NS(=O)(=O)c1ccc(C)cc1Cl. The summed E-state index contributed by atoms with van der Waals surface area (Å²) in [6.07, 6.45) is 0. The fraction of sp³-hybridized carbons (Fsp3) is 0.278. The van der Waals surface area contributed by atoms with E-state index >= 15 is 0 Å². The highest BCUT2D eigenvalue weighted by atomic mass is 35.5. The van der Waals surface area contributed by atoms with Crippen LogP contribution in [0.5, 0.6) is 0 Å². The number of nitrogens with one attached hydrogen (secondary N) is 2. The van der Waals surface area contributed by atoms with E-state index in [1.165, 1.54) is 12.1 Å². The summed E-state index contributed by atoms with van der Waals surface area (Å²) in [5, 5.41) is 3.19. The third-order valence-corrected chi connectivity index (χ3v) is 5.37. The summed E-state index contributed by atoms with van der Waals surface area (Å²) < 4.78 is 33.0. The molecule has 140 valence electrons. The number of esters is 1. The maximum Gasteiger partial charge on any atom is 0.338 e. The van der Waals surface area contributed by atoms with Crippen molar-refractivity contribution in [2.24, 2.45) is 0 Å². The van der Waals surface area contributed by atoms with Crippen molar-refractivity contribution in [1.82, 2.24) is 0 Å². The van der Waals surface area contributed by atoms with E-state index in [-0.39, 0.29) is 27.8 Å². The van der Waals surface area contributed by atoms with Crippen molar-refractivity contribution in [1.29, 1.82) is 0 Å². The summed E-state index contributed by atoms with van der Waals surface area (Å²) in [7, 11) is -3.93. The third kappa shape index (κ3) is 4.68. The molecule has 0 aliphatic rings. The van der Waals surface area contributed by atoms with Gasteiger partial charge in [0.05, 0.1) is 28.6 Å². The van der Waals surface area contributed by atoms with E-state index in [4.69, 9.17) is 16.3 Å². The van der Waals surface area contributed by atoms with Gasteiger partial charge in [0.1, 0.15) is 4.90 Å². The minimum Gasteiger partial charge on any atom is -0.462 e. The van der Waals surface area contributed by atoms with E-state index in [0.717, 1.165) is 5.56 Å². The number of rotatable bonds is 7. The molecule has 0 amide bonds. The van der Waals surface area contributed by atoms with Crippen LogP contribution in [0.25, 0.3) is 0 Å². The van der Waals surface area contributed by atoms with Crippen LogP contribution < -0.4 is 10.0 Å². The van der Waals surface area contributed by atoms with E-state index in [2.05, 4.69) is 10.0 Å². The van der Waals surface area contributed by atoms with E-state index in [1.807, 2.05) is 13.8 Å². The molecule has 8 heteroatoms. The lowest BCUT2D eigenvalue weighted by Gasteiger charge is -2.15. The zero-order valence-corrected chi connectivity index (χ0v) is 16.4. The highest BCUT2D eigenvalue weighted by Gasteiger charge is 2.20. The van der Waals surface area contributed by atoms with Crippen LogP contribution in [-0.2, 0) is 14.8 Å². The lowest BCUT2D eigenvalue weighted by Crippen LogP contribution is -2.16. The van der Waals surface area contributed by atoms with E-state index in [1.54, 1.807) is 31.2 Å². The Kier molecular flexibility index (Phi) is 6.50. The molecular formula is C18H21ClN2O4S. The van der Waals surface area contributed by atoms with Crippen molar-refractivity contribution in [3.05, 3.63) is 52.5 Å². The Bertz CT molecular complexity index is 913. The van der Waals surface area contributed by atoms with Crippen LogP contribution in [-0.4, -0.2) is 27.5 Å². The minimum absolute atomic E-state index is 0.0336. The van der Waals surface area contributed by atoms with Crippen molar-refractivity contribution in [3.8, 4) is 0 Å². The molecule has 0 spiro atoms. The quantitative estimate of drug-likeness (QED) is 0.689. The van der Waals surface area contributed by atoms with Gasteiger partial charge < -0.3 is 10.1 Å². The van der Waals surface area contributed by atoms with Crippen molar-refractivity contribution in [2.45, 2.75) is 25.7 Å². The molecule has 6 nitrogen and oxygen atoms in total. The number of halogens is 1. The third-order valence-electron chi connectivity index (χ3n) is 3.52. The number of benzene rings is 2. The molecule has 0 saturated heterocycles. The molecule has 0 aliphatic carbocycles. The maximum absolute atomic E-state index is 12.8. The Hall–Kier alpha value is -2.25. The van der Waals surface area contributed by atoms with Gasteiger partial charge in [0, 0.05) is 6.54 Å². The zero-order chi connectivity index (χ0) is 19.3. The van der Waals surface area contributed by atoms with Gasteiger partial charge in [0.2, 0.25) is 0 Å². The van der Waals surface area contributed by atoms with Crippen molar-refractivity contribution in [3.63, 3.8) is 0 Å². The average Bonchev–Trinajstić information content (AvgIpc) is 2.56. The molecule has 2 rings (SSSR count). The van der Waals surface area contributed by atoms with Gasteiger partial charge >= 0.3 is 5.97 Å². The first-order valence-electron chi connectivity index (χ1n) is 8.12. The second kappa shape index (κ2) is 8.42. The number of ether oxygens (including phenoxy) is 1. The fourth-order valence-electron chi connectivity index (χ4n) is 2.34. The van der Waals surface area contributed by atoms with Gasteiger partial charge in [-0.2, -0.15) is 0 Å². The molecule has 0 saturated carbocycles. The van der Waals surface area contributed by atoms with Crippen LogP contribution in [0.2, 0.25) is 5.02 Å². The van der Waals surface area contributed by atoms with Gasteiger partial charge in [0.25, 0.3) is 10.0 Å². The Morgan fingerprint density at radius 3 is 2.46 bits per heavy atom. The normalized spacial score (nSPS) is 11.1. The highest BCUT2D eigenvalue weighted by molar-refractivity contribution is 7.92. The molecule has 26 heavy (non-hydrogen) atoms. The lowest BCUT2D eigenvalue weighted by atomic mass is 10.1. The molecule has 0 fully saturated rings. The summed E-state index contributed by atoms with van der Waals surface area (Å²) in [6, 6.07) is 9.34. The van der Waals surface area contributed by atoms with Gasteiger partial charge in [-0.1, -0.05) is 17.7 Å². The van der Waals surface area contributed by atoms with Crippen LogP contribution in [0.15, 0.2) is 41.3 Å².